The van der Waals surface area contributed by atoms with E-state index in [1.54, 1.807) is 60.5 Å². The summed E-state index contributed by atoms with van der Waals surface area (Å²) in [4.78, 5) is 16.7. The van der Waals surface area contributed by atoms with E-state index in [0.29, 0.717) is 29.5 Å². The maximum absolute atomic E-state index is 12.7. The summed E-state index contributed by atoms with van der Waals surface area (Å²) in [5.74, 6) is 1.22. The third-order valence-electron chi connectivity index (χ3n) is 6.20. The van der Waals surface area contributed by atoms with Crippen LogP contribution < -0.4 is 18.7 Å². The number of sulfonamides is 1. The van der Waals surface area contributed by atoms with Crippen molar-refractivity contribution >= 4 is 38.9 Å². The van der Waals surface area contributed by atoms with Crippen molar-refractivity contribution in [2.24, 2.45) is 0 Å². The topological polar surface area (TPSA) is 79.4 Å². The number of ether oxygens (including phenoxy) is 2. The van der Waals surface area contributed by atoms with Gasteiger partial charge in [0.2, 0.25) is 10.0 Å². The smallest absolute Gasteiger partial charge is 0.260 e. The van der Waals surface area contributed by atoms with Crippen LogP contribution in [0.4, 0.5) is 11.4 Å². The number of anilines is 2. The number of hydrogen-bond acceptors (Lipinski definition) is 6. The number of piperazine rings is 1. The highest BCUT2D eigenvalue weighted by Crippen LogP contribution is 2.25. The van der Waals surface area contributed by atoms with Crippen LogP contribution in [0.1, 0.15) is 5.56 Å². The largest absolute Gasteiger partial charge is 0.497 e. The van der Waals surface area contributed by atoms with E-state index in [9.17, 15) is 13.2 Å². The van der Waals surface area contributed by atoms with Crippen LogP contribution >= 0.6 is 11.6 Å². The highest BCUT2D eigenvalue weighted by Gasteiger charge is 2.22. The standard InChI is InChI=1S/C27H30ClN3O5S/c1-35-25-11-7-23(8-12-25)29-15-17-30(18-16-29)27(32)20-36-26-13-9-24(10-14-26)31(37(2,33)34)19-21-3-5-22(28)6-4-21/h3-14H,15-20H2,1-2H3. The lowest BCUT2D eigenvalue weighted by Crippen LogP contribution is -2.50. The molecule has 1 aliphatic rings. The molecule has 0 unspecified atom stereocenters. The molecular formula is C27H30ClN3O5S. The summed E-state index contributed by atoms with van der Waals surface area (Å²) in [7, 11) is -1.88. The number of benzene rings is 3. The molecule has 37 heavy (non-hydrogen) atoms. The fourth-order valence-electron chi connectivity index (χ4n) is 4.11. The lowest BCUT2D eigenvalue weighted by atomic mass is 10.2. The Labute approximate surface area is 223 Å². The third kappa shape index (κ3) is 7.08. The monoisotopic (exact) mass is 543 g/mol. The molecule has 0 bridgehead atoms. The second-order valence-corrected chi connectivity index (χ2v) is 11.1. The Morgan fingerprint density at radius 3 is 2.05 bits per heavy atom. The molecular weight excluding hydrogens is 514 g/mol. The Balaban J connectivity index is 1.30. The van der Waals surface area contributed by atoms with Gasteiger partial charge in [-0.2, -0.15) is 0 Å². The molecule has 1 aliphatic heterocycles. The van der Waals surface area contributed by atoms with Crippen LogP contribution in [0.3, 0.4) is 0 Å². The molecule has 1 heterocycles. The molecule has 0 aliphatic carbocycles. The lowest BCUT2D eigenvalue weighted by Gasteiger charge is -2.36. The van der Waals surface area contributed by atoms with Crippen molar-refractivity contribution in [3.63, 3.8) is 0 Å². The Hall–Kier alpha value is -3.43. The van der Waals surface area contributed by atoms with Crippen molar-refractivity contribution in [1.29, 1.82) is 0 Å². The molecule has 0 N–H and O–H groups in total. The number of methoxy groups -OCH3 is 1. The Bertz CT molecular complexity index is 1290. The van der Waals surface area contributed by atoms with Crippen LogP contribution in [0.15, 0.2) is 72.8 Å². The first-order chi connectivity index (χ1) is 17.7. The number of hydrogen-bond donors (Lipinski definition) is 0. The number of halogens is 1. The van der Waals surface area contributed by atoms with Gasteiger partial charge in [-0.3, -0.25) is 9.10 Å². The molecule has 1 amide bonds. The molecule has 0 atom stereocenters. The fourth-order valence-corrected chi connectivity index (χ4v) is 5.12. The van der Waals surface area contributed by atoms with E-state index >= 15 is 0 Å². The molecule has 0 saturated carbocycles. The SMILES string of the molecule is COc1ccc(N2CCN(C(=O)COc3ccc(N(Cc4ccc(Cl)cc4)S(C)(=O)=O)cc3)CC2)cc1. The first kappa shape index (κ1) is 26.6. The van der Waals surface area contributed by atoms with Gasteiger partial charge < -0.3 is 19.3 Å². The molecule has 4 rings (SSSR count). The average Bonchev–Trinajstić information content (AvgIpc) is 2.91. The quantitative estimate of drug-likeness (QED) is 0.405. The van der Waals surface area contributed by atoms with Crippen LogP contribution in [-0.2, 0) is 21.4 Å². The number of nitrogens with zero attached hydrogens (tertiary/aromatic N) is 3. The molecule has 1 saturated heterocycles. The van der Waals surface area contributed by atoms with Crippen LogP contribution in [0.25, 0.3) is 0 Å². The van der Waals surface area contributed by atoms with E-state index in [0.717, 1.165) is 30.1 Å². The average molecular weight is 544 g/mol. The zero-order valence-electron chi connectivity index (χ0n) is 20.8. The second-order valence-electron chi connectivity index (χ2n) is 8.74. The molecule has 1 fully saturated rings. The lowest BCUT2D eigenvalue weighted by molar-refractivity contribution is -0.133. The van der Waals surface area contributed by atoms with Gasteiger partial charge >= 0.3 is 0 Å². The van der Waals surface area contributed by atoms with Gasteiger partial charge in [-0.15, -0.1) is 0 Å². The molecule has 3 aromatic carbocycles. The van der Waals surface area contributed by atoms with Crippen molar-refractivity contribution in [1.82, 2.24) is 4.90 Å². The highest BCUT2D eigenvalue weighted by atomic mass is 35.5. The Kier molecular flexibility index (Phi) is 8.45. The van der Waals surface area contributed by atoms with Gasteiger partial charge in [0, 0.05) is 36.9 Å². The van der Waals surface area contributed by atoms with Crippen molar-refractivity contribution in [2.45, 2.75) is 6.54 Å². The van der Waals surface area contributed by atoms with Crippen molar-refractivity contribution in [3.8, 4) is 11.5 Å². The van der Waals surface area contributed by atoms with Crippen LogP contribution in [-0.4, -0.2) is 65.4 Å². The zero-order chi connectivity index (χ0) is 26.4. The van der Waals surface area contributed by atoms with E-state index < -0.39 is 10.0 Å². The summed E-state index contributed by atoms with van der Waals surface area (Å²) in [6.45, 7) is 2.80. The number of carbonyl (C=O) groups is 1. The van der Waals surface area contributed by atoms with Crippen LogP contribution in [0.5, 0.6) is 11.5 Å². The first-order valence-electron chi connectivity index (χ1n) is 11.8. The van der Waals surface area contributed by atoms with Gasteiger partial charge in [0.25, 0.3) is 5.91 Å². The van der Waals surface area contributed by atoms with Gasteiger partial charge in [-0.1, -0.05) is 23.7 Å². The minimum atomic E-state index is -3.52. The maximum atomic E-state index is 12.7. The first-order valence-corrected chi connectivity index (χ1v) is 14.1. The molecule has 0 spiro atoms. The fraction of sp³-hybridized carbons (Fsp3) is 0.296. The molecule has 196 valence electrons. The summed E-state index contributed by atoms with van der Waals surface area (Å²) < 4.78 is 37.1. The van der Waals surface area contributed by atoms with E-state index in [4.69, 9.17) is 21.1 Å². The highest BCUT2D eigenvalue weighted by molar-refractivity contribution is 7.92. The summed E-state index contributed by atoms with van der Waals surface area (Å²) in [5.41, 5.74) is 2.42. The zero-order valence-corrected chi connectivity index (χ0v) is 22.4. The summed E-state index contributed by atoms with van der Waals surface area (Å²) in [5, 5.41) is 0.588. The number of carbonyl (C=O) groups excluding carboxylic acids is 1. The molecule has 3 aromatic rings. The van der Waals surface area contributed by atoms with Crippen LogP contribution in [0, 0.1) is 0 Å². The summed E-state index contributed by atoms with van der Waals surface area (Å²) >= 11 is 5.94. The van der Waals surface area contributed by atoms with E-state index in [-0.39, 0.29) is 19.1 Å². The third-order valence-corrected chi connectivity index (χ3v) is 7.59. The molecule has 0 radical (unpaired) electrons. The Morgan fingerprint density at radius 2 is 1.49 bits per heavy atom. The molecule has 8 nitrogen and oxygen atoms in total. The molecule has 10 heteroatoms. The van der Waals surface area contributed by atoms with Crippen molar-refractivity contribution in [2.75, 3.05) is 55.4 Å². The van der Waals surface area contributed by atoms with Gasteiger partial charge in [0.15, 0.2) is 6.61 Å². The Morgan fingerprint density at radius 1 is 0.892 bits per heavy atom. The normalized spacial score (nSPS) is 13.8. The summed E-state index contributed by atoms with van der Waals surface area (Å²) in [6, 6.07) is 21.6. The van der Waals surface area contributed by atoms with Gasteiger partial charge in [-0.25, -0.2) is 8.42 Å². The van der Waals surface area contributed by atoms with E-state index in [2.05, 4.69) is 4.90 Å². The second kappa shape index (κ2) is 11.7. The predicted molar refractivity (Wildman–Crippen MR) is 146 cm³/mol. The minimum absolute atomic E-state index is 0.0809. The van der Waals surface area contributed by atoms with Crippen molar-refractivity contribution < 1.29 is 22.7 Å². The van der Waals surface area contributed by atoms with Crippen molar-refractivity contribution in [3.05, 3.63) is 83.4 Å². The number of rotatable bonds is 9. The van der Waals surface area contributed by atoms with Gasteiger partial charge in [0.05, 0.1) is 25.6 Å². The van der Waals surface area contributed by atoms with Gasteiger partial charge in [-0.05, 0) is 66.2 Å². The minimum Gasteiger partial charge on any atom is -0.497 e. The maximum Gasteiger partial charge on any atom is 0.260 e. The van der Waals surface area contributed by atoms with Crippen LogP contribution in [0.2, 0.25) is 5.02 Å². The predicted octanol–water partition coefficient (Wildman–Crippen LogP) is 4.04. The van der Waals surface area contributed by atoms with Gasteiger partial charge in [0.1, 0.15) is 11.5 Å². The molecule has 0 aromatic heterocycles. The van der Waals surface area contributed by atoms with E-state index in [1.807, 2.05) is 24.3 Å². The number of amides is 1. The van der Waals surface area contributed by atoms with E-state index in [1.165, 1.54) is 10.6 Å². The summed E-state index contributed by atoms with van der Waals surface area (Å²) in [6.07, 6.45) is 1.17.